The highest BCUT2D eigenvalue weighted by Crippen LogP contribution is 1.68. The largest absolute Gasteiger partial charge is 0.369 e. The summed E-state index contributed by atoms with van der Waals surface area (Å²) in [4.78, 5) is 9.69. The van der Waals surface area contributed by atoms with E-state index in [1.165, 1.54) is 12.5 Å². The highest BCUT2D eigenvalue weighted by molar-refractivity contribution is 5.84. The molecule has 0 atom stereocenters. The Bertz CT molecular complexity index is 67.9. The van der Waals surface area contributed by atoms with Crippen LogP contribution in [0.25, 0.3) is 0 Å². The summed E-state index contributed by atoms with van der Waals surface area (Å²) >= 11 is 0. The van der Waals surface area contributed by atoms with E-state index in [-0.39, 0.29) is 0 Å². The predicted octanol–water partition coefficient (Wildman–Crippen LogP) is -0.138. The Balaban J connectivity index is 3.05. The Kier molecular flexibility index (Phi) is 2.13. The van der Waals surface area contributed by atoms with Gasteiger partial charge in [-0.1, -0.05) is 6.08 Å². The van der Waals surface area contributed by atoms with Crippen LogP contribution in [0.1, 0.15) is 0 Å². The Morgan fingerprint density at radius 1 is 1.83 bits per heavy atom. The fourth-order valence-electron chi connectivity index (χ4n) is 0.116. The maximum Gasteiger partial charge on any atom is 0.225 e. The molecule has 0 saturated heterocycles. The quantitative estimate of drug-likeness (QED) is 0.499. The number of carbonyl (C=O) groups excluding carboxylic acids is 1. The van der Waals surface area contributed by atoms with Crippen molar-refractivity contribution < 1.29 is 4.79 Å². The topological polar surface area (TPSA) is 43.1 Å². The lowest BCUT2D eigenvalue weighted by Gasteiger charge is -1.75. The molecule has 0 spiro atoms. The van der Waals surface area contributed by atoms with Gasteiger partial charge in [0.05, 0.1) is 6.42 Å². The summed E-state index contributed by atoms with van der Waals surface area (Å²) < 4.78 is 0. The highest BCUT2D eigenvalue weighted by Gasteiger charge is 1.81. The van der Waals surface area contributed by atoms with Gasteiger partial charge in [0.15, 0.2) is 0 Å². The Morgan fingerprint density at radius 2 is 2.33 bits per heavy atom. The van der Waals surface area contributed by atoms with E-state index in [0.29, 0.717) is 0 Å². The maximum absolute atomic E-state index is 9.69. The predicted molar refractivity (Wildman–Crippen MR) is 23.7 cm³/mol. The first-order chi connectivity index (χ1) is 2.77. The lowest BCUT2D eigenvalue weighted by Crippen LogP contribution is -2.08. The van der Waals surface area contributed by atoms with Crippen LogP contribution in [0.5, 0.6) is 0 Å². The van der Waals surface area contributed by atoms with Crippen molar-refractivity contribution in [3.05, 3.63) is 19.1 Å². The third-order valence-electron chi connectivity index (χ3n) is 0.282. The molecule has 2 N–H and O–H groups in total. The molecule has 33 valence electrons. The smallest absolute Gasteiger partial charge is 0.225 e. The van der Waals surface area contributed by atoms with Gasteiger partial charge in [-0.15, -0.1) is 6.58 Å². The summed E-state index contributed by atoms with van der Waals surface area (Å²) in [6, 6.07) is 0. The van der Waals surface area contributed by atoms with Crippen LogP contribution in [0, 0.1) is 6.42 Å². The fourth-order valence-corrected chi connectivity index (χ4v) is 0.116. The summed E-state index contributed by atoms with van der Waals surface area (Å²) in [5.74, 6) is -0.454. The van der Waals surface area contributed by atoms with Gasteiger partial charge in [-0.3, -0.25) is 4.79 Å². The zero-order valence-corrected chi connectivity index (χ0v) is 3.35. The number of carbonyl (C=O) groups is 1. The Labute approximate surface area is 36.6 Å². The van der Waals surface area contributed by atoms with Crippen molar-refractivity contribution in [2.75, 3.05) is 0 Å². The van der Waals surface area contributed by atoms with Crippen LogP contribution in [-0.4, -0.2) is 5.91 Å². The summed E-state index contributed by atoms with van der Waals surface area (Å²) in [7, 11) is 0. The molecule has 0 aromatic rings. The number of primary amides is 1. The van der Waals surface area contributed by atoms with Crippen LogP contribution in [0.3, 0.4) is 0 Å². The number of amides is 1. The van der Waals surface area contributed by atoms with Crippen LogP contribution in [0.4, 0.5) is 0 Å². The molecule has 0 fully saturated rings. The van der Waals surface area contributed by atoms with Crippen molar-refractivity contribution >= 4 is 5.91 Å². The number of hydrogen-bond donors (Lipinski definition) is 1. The lowest BCUT2D eigenvalue weighted by molar-refractivity contribution is -0.114. The zero-order valence-electron chi connectivity index (χ0n) is 3.35. The molecule has 0 saturated carbocycles. The van der Waals surface area contributed by atoms with Gasteiger partial charge < -0.3 is 5.73 Å². The first-order valence-electron chi connectivity index (χ1n) is 1.52. The molecule has 0 aliphatic heterocycles. The molecule has 1 radical (unpaired) electrons. The third-order valence-corrected chi connectivity index (χ3v) is 0.282. The molecule has 0 aliphatic carbocycles. The monoisotopic (exact) mass is 86.0 g/mol. The maximum atomic E-state index is 9.69. The summed E-state index contributed by atoms with van der Waals surface area (Å²) in [5.41, 5.74) is 4.64. The average Bonchev–Trinajstić information content (AvgIpc) is 1.35. The molecular formula is C4H6NO. The second-order valence-electron chi connectivity index (χ2n) is 0.805. The minimum absolute atomic E-state index is 0.454. The summed E-state index contributed by atoms with van der Waals surface area (Å²) in [6.07, 6.45) is 2.54. The van der Waals surface area contributed by atoms with E-state index in [1.807, 2.05) is 0 Å². The van der Waals surface area contributed by atoms with Crippen molar-refractivity contribution in [2.24, 2.45) is 5.73 Å². The molecule has 0 bridgehead atoms. The van der Waals surface area contributed by atoms with E-state index >= 15 is 0 Å². The minimum atomic E-state index is -0.454. The van der Waals surface area contributed by atoms with Gasteiger partial charge in [-0.05, 0) is 0 Å². The molecule has 0 aliphatic rings. The minimum Gasteiger partial charge on any atom is -0.369 e. The number of nitrogens with two attached hydrogens (primary N) is 1. The number of rotatable bonds is 2. The van der Waals surface area contributed by atoms with Gasteiger partial charge >= 0.3 is 0 Å². The summed E-state index contributed by atoms with van der Waals surface area (Å²) in [5, 5.41) is 0. The molecule has 1 amide bonds. The third kappa shape index (κ3) is 3.21. The first-order valence-corrected chi connectivity index (χ1v) is 1.52. The lowest BCUT2D eigenvalue weighted by atomic mass is 10.7. The molecule has 0 unspecified atom stereocenters. The van der Waals surface area contributed by atoms with Gasteiger partial charge in [-0.25, -0.2) is 0 Å². The van der Waals surface area contributed by atoms with Crippen molar-refractivity contribution in [3.8, 4) is 0 Å². The van der Waals surface area contributed by atoms with Gasteiger partial charge in [-0.2, -0.15) is 0 Å². The molecule has 0 aromatic heterocycles. The van der Waals surface area contributed by atoms with E-state index in [1.54, 1.807) is 0 Å². The van der Waals surface area contributed by atoms with Gasteiger partial charge in [0, 0.05) is 0 Å². The fraction of sp³-hybridized carbons (Fsp3) is 0. The highest BCUT2D eigenvalue weighted by atomic mass is 16.3. The van der Waals surface area contributed by atoms with Gasteiger partial charge in [0.25, 0.3) is 0 Å². The Hall–Kier alpha value is -0.790. The molecule has 0 aromatic carbocycles. The van der Waals surface area contributed by atoms with Crippen LogP contribution in [-0.2, 0) is 4.79 Å². The van der Waals surface area contributed by atoms with Crippen LogP contribution < -0.4 is 5.73 Å². The van der Waals surface area contributed by atoms with Crippen molar-refractivity contribution in [1.82, 2.24) is 0 Å². The van der Waals surface area contributed by atoms with E-state index in [2.05, 4.69) is 12.3 Å². The first kappa shape index (κ1) is 5.21. The second kappa shape index (κ2) is 2.45. The zero-order chi connectivity index (χ0) is 4.99. The van der Waals surface area contributed by atoms with Crippen molar-refractivity contribution in [2.45, 2.75) is 0 Å². The van der Waals surface area contributed by atoms with Crippen molar-refractivity contribution in [3.63, 3.8) is 0 Å². The van der Waals surface area contributed by atoms with E-state index in [9.17, 15) is 4.79 Å². The molecule has 0 heterocycles. The molecule has 6 heavy (non-hydrogen) atoms. The van der Waals surface area contributed by atoms with Gasteiger partial charge in [0.1, 0.15) is 0 Å². The van der Waals surface area contributed by atoms with Crippen molar-refractivity contribution in [1.29, 1.82) is 0 Å². The standard InChI is InChI=1S/C4H6NO/c1-2-3-4(5)6/h2-3H,1H2,(H2,5,6)/i4+2. The SMILES string of the molecule is C=C[CH][14C](N)=O. The van der Waals surface area contributed by atoms with E-state index in [4.69, 9.17) is 0 Å². The van der Waals surface area contributed by atoms with E-state index < -0.39 is 5.91 Å². The molecular weight excluding hydrogens is 80.0 g/mol. The number of hydrogen-bond acceptors (Lipinski definition) is 1. The van der Waals surface area contributed by atoms with E-state index in [0.717, 1.165) is 0 Å². The molecule has 2 heteroatoms. The van der Waals surface area contributed by atoms with Crippen LogP contribution >= 0.6 is 0 Å². The molecule has 0 rings (SSSR count). The average molecular weight is 86.1 g/mol. The Morgan fingerprint density at radius 3 is 2.33 bits per heavy atom. The van der Waals surface area contributed by atoms with Crippen LogP contribution in [0.15, 0.2) is 12.7 Å². The van der Waals surface area contributed by atoms with Crippen LogP contribution in [0.2, 0.25) is 0 Å². The van der Waals surface area contributed by atoms with Gasteiger partial charge in [0.2, 0.25) is 5.91 Å². The normalized spacial score (nSPS) is 7.33. The second-order valence-corrected chi connectivity index (χ2v) is 0.805. The molecule has 2 nitrogen and oxygen atoms in total. The summed E-state index contributed by atoms with van der Waals surface area (Å²) in [6.45, 7) is 3.24.